The van der Waals surface area contributed by atoms with Crippen LogP contribution < -0.4 is 5.32 Å². The topological polar surface area (TPSA) is 58.6 Å². The summed E-state index contributed by atoms with van der Waals surface area (Å²) in [5.41, 5.74) is 0. The lowest BCUT2D eigenvalue weighted by atomic mass is 9.98. The second-order valence-electron chi connectivity index (χ2n) is 4.39. The molecule has 1 saturated heterocycles. The Morgan fingerprint density at radius 1 is 1.50 bits per heavy atom. The van der Waals surface area contributed by atoms with E-state index in [2.05, 4.69) is 5.32 Å². The van der Waals surface area contributed by atoms with Crippen molar-refractivity contribution in [2.45, 2.75) is 19.3 Å². The van der Waals surface area contributed by atoms with Crippen LogP contribution in [0.2, 0.25) is 0 Å². The molecular formula is C12H22N2O3S. The van der Waals surface area contributed by atoms with Crippen molar-refractivity contribution in [1.82, 2.24) is 10.2 Å². The molecule has 1 atom stereocenters. The zero-order chi connectivity index (χ0) is 13.4. The Balaban J connectivity index is 2.31. The number of hydrogen-bond acceptors (Lipinski definition) is 4. The maximum atomic E-state index is 11.9. The molecule has 0 radical (unpaired) electrons. The zero-order valence-electron chi connectivity index (χ0n) is 11.1. The van der Waals surface area contributed by atoms with Crippen molar-refractivity contribution >= 4 is 23.8 Å². The van der Waals surface area contributed by atoms with Crippen molar-refractivity contribution in [1.29, 1.82) is 0 Å². The van der Waals surface area contributed by atoms with Crippen LogP contribution in [0.1, 0.15) is 19.3 Å². The van der Waals surface area contributed by atoms with Gasteiger partial charge < -0.3 is 15.0 Å². The summed E-state index contributed by atoms with van der Waals surface area (Å²) in [7, 11) is 1.39. The van der Waals surface area contributed by atoms with Gasteiger partial charge in [0.2, 0.25) is 0 Å². The molecule has 1 rings (SSSR count). The number of likely N-dealkylation sites (tertiary alicyclic amines) is 1. The van der Waals surface area contributed by atoms with Crippen molar-refractivity contribution in [3.05, 3.63) is 0 Å². The second kappa shape index (κ2) is 8.24. The summed E-state index contributed by atoms with van der Waals surface area (Å²) >= 11 is 1.77. The molecule has 0 aromatic rings. The van der Waals surface area contributed by atoms with E-state index in [1.165, 1.54) is 7.11 Å². The minimum atomic E-state index is -0.213. The molecule has 0 aromatic carbocycles. The Morgan fingerprint density at radius 2 is 2.28 bits per heavy atom. The van der Waals surface area contributed by atoms with E-state index in [1.54, 1.807) is 16.7 Å². The van der Waals surface area contributed by atoms with Gasteiger partial charge in [0.25, 0.3) is 0 Å². The summed E-state index contributed by atoms with van der Waals surface area (Å²) in [4.78, 5) is 25.0. The molecule has 1 N–H and O–H groups in total. The summed E-state index contributed by atoms with van der Waals surface area (Å²) in [5.74, 6) is 0.668. The van der Waals surface area contributed by atoms with Gasteiger partial charge in [0, 0.05) is 19.6 Å². The lowest BCUT2D eigenvalue weighted by molar-refractivity contribution is -0.146. The van der Waals surface area contributed by atoms with Gasteiger partial charge in [0.1, 0.15) is 0 Å². The molecule has 5 nitrogen and oxygen atoms in total. The van der Waals surface area contributed by atoms with E-state index < -0.39 is 0 Å². The third-order valence-electron chi connectivity index (χ3n) is 3.04. The van der Waals surface area contributed by atoms with Gasteiger partial charge in [-0.15, -0.1) is 0 Å². The SMILES string of the molecule is COC(=O)[C@H]1CCCN(C(=O)NCCCSC)C1. The summed E-state index contributed by atoms with van der Waals surface area (Å²) < 4.78 is 4.73. The van der Waals surface area contributed by atoms with Gasteiger partial charge in [0.05, 0.1) is 13.0 Å². The fraction of sp³-hybridized carbons (Fsp3) is 0.833. The molecule has 1 fully saturated rings. The number of urea groups is 1. The smallest absolute Gasteiger partial charge is 0.317 e. The van der Waals surface area contributed by atoms with Gasteiger partial charge in [-0.3, -0.25) is 4.79 Å². The highest BCUT2D eigenvalue weighted by atomic mass is 32.2. The van der Waals surface area contributed by atoms with Crippen LogP contribution in [-0.4, -0.2) is 55.7 Å². The molecule has 1 heterocycles. The predicted octanol–water partition coefficient (Wildman–Crippen LogP) is 1.33. The average molecular weight is 274 g/mol. The van der Waals surface area contributed by atoms with Gasteiger partial charge in [-0.1, -0.05) is 0 Å². The van der Waals surface area contributed by atoms with Gasteiger partial charge in [-0.05, 0) is 31.3 Å². The zero-order valence-corrected chi connectivity index (χ0v) is 11.9. The molecule has 0 saturated carbocycles. The van der Waals surface area contributed by atoms with Crippen LogP contribution in [0.25, 0.3) is 0 Å². The molecule has 18 heavy (non-hydrogen) atoms. The van der Waals surface area contributed by atoms with Crippen LogP contribution in [0.5, 0.6) is 0 Å². The molecule has 0 aliphatic carbocycles. The lowest BCUT2D eigenvalue weighted by Gasteiger charge is -2.31. The Labute approximate surface area is 113 Å². The van der Waals surface area contributed by atoms with Crippen molar-refractivity contribution < 1.29 is 14.3 Å². The van der Waals surface area contributed by atoms with Gasteiger partial charge >= 0.3 is 12.0 Å². The van der Waals surface area contributed by atoms with Crippen molar-refractivity contribution in [3.63, 3.8) is 0 Å². The van der Waals surface area contributed by atoms with E-state index in [4.69, 9.17) is 4.74 Å². The molecule has 1 aliphatic rings. The van der Waals surface area contributed by atoms with E-state index in [1.807, 2.05) is 6.26 Å². The number of nitrogens with one attached hydrogen (secondary N) is 1. The fourth-order valence-corrected chi connectivity index (χ4v) is 2.48. The van der Waals surface area contributed by atoms with Gasteiger partial charge in [-0.2, -0.15) is 11.8 Å². The number of carbonyl (C=O) groups is 2. The van der Waals surface area contributed by atoms with Crippen molar-refractivity contribution in [2.75, 3.05) is 38.8 Å². The van der Waals surface area contributed by atoms with E-state index >= 15 is 0 Å². The number of nitrogens with zero attached hydrogens (tertiary/aromatic N) is 1. The largest absolute Gasteiger partial charge is 0.469 e. The number of carbonyl (C=O) groups excluding carboxylic acids is 2. The monoisotopic (exact) mass is 274 g/mol. The van der Waals surface area contributed by atoms with Gasteiger partial charge in [0.15, 0.2) is 0 Å². The number of rotatable bonds is 5. The summed E-state index contributed by atoms with van der Waals surface area (Å²) in [6.07, 6.45) is 4.69. The lowest BCUT2D eigenvalue weighted by Crippen LogP contribution is -2.47. The van der Waals surface area contributed by atoms with Crippen molar-refractivity contribution in [3.8, 4) is 0 Å². The summed E-state index contributed by atoms with van der Waals surface area (Å²) in [5, 5.41) is 2.89. The predicted molar refractivity (Wildman–Crippen MR) is 72.7 cm³/mol. The fourth-order valence-electron chi connectivity index (χ4n) is 2.04. The molecule has 0 bridgehead atoms. The Hall–Kier alpha value is -0.910. The summed E-state index contributed by atoms with van der Waals surface area (Å²) in [6.45, 7) is 1.89. The van der Waals surface area contributed by atoms with Gasteiger partial charge in [-0.25, -0.2) is 4.79 Å². The maximum Gasteiger partial charge on any atom is 0.317 e. The Kier molecular flexibility index (Phi) is 6.93. The quantitative estimate of drug-likeness (QED) is 0.607. The molecule has 6 heteroatoms. The molecular weight excluding hydrogens is 252 g/mol. The second-order valence-corrected chi connectivity index (χ2v) is 5.37. The van der Waals surface area contributed by atoms with Crippen LogP contribution in [-0.2, 0) is 9.53 Å². The van der Waals surface area contributed by atoms with Crippen LogP contribution >= 0.6 is 11.8 Å². The molecule has 1 aliphatic heterocycles. The third kappa shape index (κ3) is 4.76. The first-order valence-corrected chi connectivity index (χ1v) is 7.68. The van der Waals surface area contributed by atoms with Crippen LogP contribution in [0, 0.1) is 5.92 Å². The molecule has 0 aromatic heterocycles. The third-order valence-corrected chi connectivity index (χ3v) is 3.74. The Morgan fingerprint density at radius 3 is 2.94 bits per heavy atom. The molecule has 104 valence electrons. The number of thioether (sulfide) groups is 1. The number of ether oxygens (including phenoxy) is 1. The van der Waals surface area contributed by atoms with Crippen molar-refractivity contribution in [2.24, 2.45) is 5.92 Å². The first-order valence-electron chi connectivity index (χ1n) is 6.28. The molecule has 0 unspecified atom stereocenters. The van der Waals surface area contributed by atoms with E-state index in [0.717, 1.165) is 31.6 Å². The van der Waals surface area contributed by atoms with E-state index in [0.29, 0.717) is 13.1 Å². The average Bonchev–Trinajstić information content (AvgIpc) is 2.42. The van der Waals surface area contributed by atoms with Crippen LogP contribution in [0.15, 0.2) is 0 Å². The number of piperidine rings is 1. The highest BCUT2D eigenvalue weighted by Crippen LogP contribution is 2.17. The summed E-state index contributed by atoms with van der Waals surface area (Å²) in [6, 6.07) is -0.0651. The first-order chi connectivity index (χ1) is 8.69. The molecule has 0 spiro atoms. The van der Waals surface area contributed by atoms with E-state index in [-0.39, 0.29) is 17.9 Å². The van der Waals surface area contributed by atoms with Crippen LogP contribution in [0.3, 0.4) is 0 Å². The number of esters is 1. The molecule has 2 amide bonds. The normalized spacial score (nSPS) is 19.4. The number of amides is 2. The minimum absolute atomic E-state index is 0.0651. The number of methoxy groups -OCH3 is 1. The number of hydrogen-bond donors (Lipinski definition) is 1. The van der Waals surface area contributed by atoms with Crippen LogP contribution in [0.4, 0.5) is 4.79 Å². The first kappa shape index (κ1) is 15.1. The highest BCUT2D eigenvalue weighted by molar-refractivity contribution is 7.98. The highest BCUT2D eigenvalue weighted by Gasteiger charge is 2.28. The Bertz CT molecular complexity index is 286. The standard InChI is InChI=1S/C12H22N2O3S/c1-17-11(15)10-5-3-7-14(9-10)12(16)13-6-4-8-18-2/h10H,3-9H2,1-2H3,(H,13,16)/t10-/m0/s1. The van der Waals surface area contributed by atoms with E-state index in [9.17, 15) is 9.59 Å². The maximum absolute atomic E-state index is 11.9. The minimum Gasteiger partial charge on any atom is -0.469 e.